The molecule has 5 nitrogen and oxygen atoms in total. The number of aromatic amines is 1. The van der Waals surface area contributed by atoms with Crippen molar-refractivity contribution >= 4 is 10.9 Å². The lowest BCUT2D eigenvalue weighted by atomic mass is 9.83. The number of fused-ring (bicyclic) bond motifs is 1. The lowest BCUT2D eigenvalue weighted by Crippen LogP contribution is -2.49. The van der Waals surface area contributed by atoms with E-state index in [0.717, 1.165) is 44.2 Å². The number of piperidine rings is 1. The van der Waals surface area contributed by atoms with Gasteiger partial charge in [-0.15, -0.1) is 0 Å². The summed E-state index contributed by atoms with van der Waals surface area (Å²) in [5, 5.41) is 1.04. The van der Waals surface area contributed by atoms with E-state index in [0.29, 0.717) is 5.52 Å². The fourth-order valence-electron chi connectivity index (χ4n) is 3.25. The summed E-state index contributed by atoms with van der Waals surface area (Å²) in [6.45, 7) is 2.15. The molecule has 3 N–H and O–H groups in total. The van der Waals surface area contributed by atoms with Crippen molar-refractivity contribution in [2.24, 2.45) is 12.8 Å². The molecule has 5 heteroatoms. The van der Waals surface area contributed by atoms with E-state index in [2.05, 4.69) is 16.9 Å². The number of pyridine rings is 1. The molecule has 1 aliphatic rings. The summed E-state index contributed by atoms with van der Waals surface area (Å²) in [7, 11) is 3.95. The van der Waals surface area contributed by atoms with Gasteiger partial charge >= 0.3 is 0 Å². The van der Waals surface area contributed by atoms with Crippen LogP contribution in [0.25, 0.3) is 10.9 Å². The Morgan fingerprint density at radius 3 is 2.76 bits per heavy atom. The van der Waals surface area contributed by atoms with Crippen LogP contribution in [0.1, 0.15) is 24.8 Å². The van der Waals surface area contributed by atoms with Crippen molar-refractivity contribution in [3.8, 4) is 0 Å². The van der Waals surface area contributed by atoms with E-state index in [4.69, 9.17) is 5.73 Å². The molecular formula is C16H24N4O. The van der Waals surface area contributed by atoms with E-state index in [1.165, 1.54) is 5.56 Å². The van der Waals surface area contributed by atoms with Gasteiger partial charge in [0.05, 0.1) is 0 Å². The smallest absolute Gasteiger partial charge is 0.274 e. The second kappa shape index (κ2) is 5.31. The highest BCUT2D eigenvalue weighted by atomic mass is 16.1. The molecule has 114 valence electrons. The molecular weight excluding hydrogens is 264 g/mol. The van der Waals surface area contributed by atoms with Crippen molar-refractivity contribution in [2.45, 2.75) is 31.2 Å². The first kappa shape index (κ1) is 14.4. The minimum Gasteiger partial charge on any atom is -0.357 e. The molecule has 0 bridgehead atoms. The molecule has 0 aliphatic carbocycles. The standard InChI is InChI=1S/C16H24N4O/c1-19-9-6-16(17,7-10-19)5-3-12-11-20(2)15(21)14-13(12)4-8-18-14/h4,8,11,18H,3,5-7,9-10,17H2,1-2H3. The first-order chi connectivity index (χ1) is 9.98. The minimum absolute atomic E-state index is 0.0282. The maximum atomic E-state index is 12.0. The molecule has 2 aromatic rings. The SMILES string of the molecule is CN1CCC(N)(CCc2cn(C)c(=O)c3[nH]ccc23)CC1. The van der Waals surface area contributed by atoms with Gasteiger partial charge in [0.25, 0.3) is 5.56 Å². The lowest BCUT2D eigenvalue weighted by molar-refractivity contribution is 0.182. The number of H-pyrrole nitrogens is 1. The first-order valence-electron chi connectivity index (χ1n) is 7.62. The van der Waals surface area contributed by atoms with Gasteiger partial charge in [-0.2, -0.15) is 0 Å². The normalized spacial score (nSPS) is 19.2. The van der Waals surface area contributed by atoms with Crippen LogP contribution in [0.2, 0.25) is 0 Å². The zero-order chi connectivity index (χ0) is 15.0. The van der Waals surface area contributed by atoms with Gasteiger partial charge < -0.3 is 20.2 Å². The average Bonchev–Trinajstić information content (AvgIpc) is 2.95. The number of hydrogen-bond donors (Lipinski definition) is 2. The Balaban J connectivity index is 1.81. The Kier molecular flexibility index (Phi) is 3.63. The second-order valence-electron chi connectivity index (χ2n) is 6.50. The van der Waals surface area contributed by atoms with Gasteiger partial charge in [0.1, 0.15) is 5.52 Å². The van der Waals surface area contributed by atoms with Gasteiger partial charge in [0, 0.05) is 30.4 Å². The van der Waals surface area contributed by atoms with Crippen LogP contribution in [0.15, 0.2) is 23.3 Å². The Morgan fingerprint density at radius 2 is 2.05 bits per heavy atom. The van der Waals surface area contributed by atoms with Crippen molar-refractivity contribution in [1.29, 1.82) is 0 Å². The first-order valence-corrected chi connectivity index (χ1v) is 7.62. The van der Waals surface area contributed by atoms with Crippen LogP contribution in [0.3, 0.4) is 0 Å². The largest absolute Gasteiger partial charge is 0.357 e. The monoisotopic (exact) mass is 288 g/mol. The third kappa shape index (κ3) is 2.76. The third-order valence-electron chi connectivity index (χ3n) is 4.85. The fraction of sp³-hybridized carbons (Fsp3) is 0.562. The van der Waals surface area contributed by atoms with Gasteiger partial charge in [-0.05, 0) is 57.5 Å². The van der Waals surface area contributed by atoms with Crippen molar-refractivity contribution in [3.63, 3.8) is 0 Å². The predicted octanol–water partition coefficient (Wildman–Crippen LogP) is 1.22. The Bertz CT molecular complexity index is 692. The van der Waals surface area contributed by atoms with Crippen molar-refractivity contribution < 1.29 is 0 Å². The van der Waals surface area contributed by atoms with Gasteiger partial charge in [-0.3, -0.25) is 4.79 Å². The highest BCUT2D eigenvalue weighted by Crippen LogP contribution is 2.25. The molecule has 3 rings (SSSR count). The molecule has 21 heavy (non-hydrogen) atoms. The molecule has 0 unspecified atom stereocenters. The molecule has 0 spiro atoms. The molecule has 1 fully saturated rings. The van der Waals surface area contributed by atoms with Crippen LogP contribution in [0.4, 0.5) is 0 Å². The fourth-order valence-corrected chi connectivity index (χ4v) is 3.25. The molecule has 2 aromatic heterocycles. The van der Waals surface area contributed by atoms with Crippen LogP contribution in [0, 0.1) is 0 Å². The Hall–Kier alpha value is -1.59. The summed E-state index contributed by atoms with van der Waals surface area (Å²) in [5.74, 6) is 0. The summed E-state index contributed by atoms with van der Waals surface area (Å²) < 4.78 is 1.66. The topological polar surface area (TPSA) is 67.0 Å². The van der Waals surface area contributed by atoms with Crippen LogP contribution < -0.4 is 11.3 Å². The number of nitrogens with zero attached hydrogens (tertiary/aromatic N) is 2. The van der Waals surface area contributed by atoms with Gasteiger partial charge in [0.15, 0.2) is 0 Å². The maximum absolute atomic E-state index is 12.0. The predicted molar refractivity (Wildman–Crippen MR) is 85.5 cm³/mol. The number of likely N-dealkylation sites (tertiary alicyclic amines) is 1. The van der Waals surface area contributed by atoms with E-state index in [9.17, 15) is 4.79 Å². The van der Waals surface area contributed by atoms with E-state index >= 15 is 0 Å². The summed E-state index contributed by atoms with van der Waals surface area (Å²) in [4.78, 5) is 17.4. The number of rotatable bonds is 3. The highest BCUT2D eigenvalue weighted by Gasteiger charge is 2.29. The van der Waals surface area contributed by atoms with E-state index in [-0.39, 0.29) is 11.1 Å². The number of nitrogens with one attached hydrogen (secondary N) is 1. The molecule has 0 amide bonds. The van der Waals surface area contributed by atoms with Crippen molar-refractivity contribution in [2.75, 3.05) is 20.1 Å². The zero-order valence-electron chi connectivity index (χ0n) is 12.9. The molecule has 1 aliphatic heterocycles. The number of nitrogens with two attached hydrogens (primary N) is 1. The summed E-state index contributed by atoms with van der Waals surface area (Å²) in [6, 6.07) is 1.99. The van der Waals surface area contributed by atoms with Gasteiger partial charge in [-0.1, -0.05) is 0 Å². The van der Waals surface area contributed by atoms with Crippen LogP contribution in [0.5, 0.6) is 0 Å². The van der Waals surface area contributed by atoms with Crippen LogP contribution in [-0.2, 0) is 13.5 Å². The minimum atomic E-state index is -0.0656. The van der Waals surface area contributed by atoms with Gasteiger partial charge in [0.2, 0.25) is 0 Å². The number of aryl methyl sites for hydroxylation is 2. The Labute approximate surface area is 124 Å². The Morgan fingerprint density at radius 1 is 1.33 bits per heavy atom. The van der Waals surface area contributed by atoms with Gasteiger partial charge in [-0.25, -0.2) is 0 Å². The maximum Gasteiger partial charge on any atom is 0.274 e. The molecule has 0 radical (unpaired) electrons. The second-order valence-corrected chi connectivity index (χ2v) is 6.50. The highest BCUT2D eigenvalue weighted by molar-refractivity contribution is 5.81. The zero-order valence-corrected chi connectivity index (χ0v) is 12.9. The molecule has 0 atom stereocenters. The van der Waals surface area contributed by atoms with E-state index in [1.54, 1.807) is 11.6 Å². The summed E-state index contributed by atoms with van der Waals surface area (Å²) in [6.07, 6.45) is 7.78. The van der Waals surface area contributed by atoms with E-state index < -0.39 is 0 Å². The lowest BCUT2D eigenvalue weighted by Gasteiger charge is -2.37. The van der Waals surface area contributed by atoms with Crippen LogP contribution >= 0.6 is 0 Å². The third-order valence-corrected chi connectivity index (χ3v) is 4.85. The quantitative estimate of drug-likeness (QED) is 0.892. The van der Waals surface area contributed by atoms with E-state index in [1.807, 2.05) is 18.5 Å². The average molecular weight is 288 g/mol. The van der Waals surface area contributed by atoms with Crippen LogP contribution in [-0.4, -0.2) is 40.1 Å². The number of aromatic nitrogens is 2. The van der Waals surface area contributed by atoms with Crippen molar-refractivity contribution in [1.82, 2.24) is 14.5 Å². The molecule has 0 aromatic carbocycles. The van der Waals surface area contributed by atoms with Crippen molar-refractivity contribution in [3.05, 3.63) is 34.4 Å². The summed E-state index contributed by atoms with van der Waals surface area (Å²) in [5.41, 5.74) is 8.42. The molecule has 3 heterocycles. The summed E-state index contributed by atoms with van der Waals surface area (Å²) >= 11 is 0. The molecule has 0 saturated carbocycles. The molecule has 1 saturated heterocycles. The number of hydrogen-bond acceptors (Lipinski definition) is 3.